The van der Waals surface area contributed by atoms with E-state index < -0.39 is 0 Å². The Balaban J connectivity index is 2.53. The van der Waals surface area contributed by atoms with Crippen LogP contribution in [0.15, 0.2) is 42.5 Å². The van der Waals surface area contributed by atoms with E-state index in [2.05, 4.69) is 0 Å². The van der Waals surface area contributed by atoms with E-state index >= 15 is 0 Å². The molecule has 0 amide bonds. The Labute approximate surface area is 99.8 Å². The quantitative estimate of drug-likeness (QED) is 0.881. The van der Waals surface area contributed by atoms with Gasteiger partial charge >= 0.3 is 0 Å². The number of methoxy groups -OCH3 is 1. The molecular formula is C14H14FNO. The Morgan fingerprint density at radius 2 is 1.94 bits per heavy atom. The lowest BCUT2D eigenvalue weighted by molar-refractivity contribution is 0.387. The first-order valence-corrected chi connectivity index (χ1v) is 5.38. The van der Waals surface area contributed by atoms with Crippen LogP contribution in [0, 0.1) is 5.82 Å². The summed E-state index contributed by atoms with van der Waals surface area (Å²) < 4.78 is 18.3. The first-order valence-electron chi connectivity index (χ1n) is 5.38. The molecular weight excluding hydrogens is 217 g/mol. The smallest absolute Gasteiger partial charge is 0.165 e. The van der Waals surface area contributed by atoms with Crippen LogP contribution in [0.3, 0.4) is 0 Å². The fourth-order valence-electron chi connectivity index (χ4n) is 1.81. The molecule has 0 atom stereocenters. The molecule has 2 aromatic carbocycles. The molecule has 0 bridgehead atoms. The van der Waals surface area contributed by atoms with Crippen molar-refractivity contribution in [2.24, 2.45) is 5.73 Å². The van der Waals surface area contributed by atoms with Crippen LogP contribution in [-0.4, -0.2) is 7.11 Å². The number of hydrogen-bond acceptors (Lipinski definition) is 2. The molecule has 0 saturated carbocycles. The molecule has 0 spiro atoms. The maximum atomic E-state index is 13.3. The third-order valence-electron chi connectivity index (χ3n) is 2.70. The van der Waals surface area contributed by atoms with Crippen molar-refractivity contribution < 1.29 is 9.13 Å². The van der Waals surface area contributed by atoms with Crippen LogP contribution in [-0.2, 0) is 6.54 Å². The predicted molar refractivity (Wildman–Crippen MR) is 66.3 cm³/mol. The highest BCUT2D eigenvalue weighted by Crippen LogP contribution is 2.28. The molecule has 0 aliphatic carbocycles. The summed E-state index contributed by atoms with van der Waals surface area (Å²) in [7, 11) is 1.46. The molecule has 0 aliphatic heterocycles. The SMILES string of the molecule is COc1cc(-c2ccccc2CN)ccc1F. The standard InChI is InChI=1S/C14H14FNO/c1-17-14-8-10(6-7-13(14)15)12-5-3-2-4-11(12)9-16/h2-8H,9,16H2,1H3. The highest BCUT2D eigenvalue weighted by molar-refractivity contribution is 5.68. The van der Waals surface area contributed by atoms with Gasteiger partial charge in [0.1, 0.15) is 0 Å². The van der Waals surface area contributed by atoms with Crippen molar-refractivity contribution in [2.75, 3.05) is 7.11 Å². The zero-order valence-corrected chi connectivity index (χ0v) is 9.61. The van der Waals surface area contributed by atoms with Crippen molar-refractivity contribution in [3.05, 3.63) is 53.8 Å². The lowest BCUT2D eigenvalue weighted by Crippen LogP contribution is -1.99. The van der Waals surface area contributed by atoms with E-state index in [0.717, 1.165) is 16.7 Å². The third-order valence-corrected chi connectivity index (χ3v) is 2.70. The molecule has 0 saturated heterocycles. The van der Waals surface area contributed by atoms with E-state index in [1.54, 1.807) is 12.1 Å². The Hall–Kier alpha value is -1.87. The molecule has 2 N–H and O–H groups in total. The number of rotatable bonds is 3. The van der Waals surface area contributed by atoms with Crippen molar-refractivity contribution in [3.63, 3.8) is 0 Å². The molecule has 0 unspecified atom stereocenters. The second-order valence-corrected chi connectivity index (χ2v) is 3.71. The number of hydrogen-bond donors (Lipinski definition) is 1. The van der Waals surface area contributed by atoms with Crippen molar-refractivity contribution in [1.82, 2.24) is 0 Å². The summed E-state index contributed by atoms with van der Waals surface area (Å²) in [6, 6.07) is 12.6. The minimum absolute atomic E-state index is 0.245. The van der Waals surface area contributed by atoms with Gasteiger partial charge in [0.15, 0.2) is 11.6 Å². The number of halogens is 1. The van der Waals surface area contributed by atoms with Crippen molar-refractivity contribution in [2.45, 2.75) is 6.54 Å². The van der Waals surface area contributed by atoms with Gasteiger partial charge in [0.25, 0.3) is 0 Å². The van der Waals surface area contributed by atoms with Crippen molar-refractivity contribution >= 4 is 0 Å². The van der Waals surface area contributed by atoms with Crippen LogP contribution >= 0.6 is 0 Å². The van der Waals surface area contributed by atoms with E-state index in [0.29, 0.717) is 6.54 Å². The van der Waals surface area contributed by atoms with Crippen LogP contribution in [0.1, 0.15) is 5.56 Å². The molecule has 2 nitrogen and oxygen atoms in total. The topological polar surface area (TPSA) is 35.2 Å². The fraction of sp³-hybridized carbons (Fsp3) is 0.143. The van der Waals surface area contributed by atoms with Crippen LogP contribution in [0.25, 0.3) is 11.1 Å². The first kappa shape index (κ1) is 11.6. The summed E-state index contributed by atoms with van der Waals surface area (Å²) in [5.41, 5.74) is 8.63. The lowest BCUT2D eigenvalue weighted by Gasteiger charge is -2.09. The summed E-state index contributed by atoms with van der Waals surface area (Å²) in [5.74, 6) is -0.115. The summed E-state index contributed by atoms with van der Waals surface area (Å²) in [4.78, 5) is 0. The van der Waals surface area contributed by atoms with Gasteiger partial charge in [-0.2, -0.15) is 0 Å². The van der Waals surface area contributed by atoms with Crippen LogP contribution in [0.2, 0.25) is 0 Å². The summed E-state index contributed by atoms with van der Waals surface area (Å²) in [6.45, 7) is 0.454. The molecule has 0 fully saturated rings. The second-order valence-electron chi connectivity index (χ2n) is 3.71. The van der Waals surface area contributed by atoms with Gasteiger partial charge in [0.05, 0.1) is 7.11 Å². The van der Waals surface area contributed by atoms with Gasteiger partial charge < -0.3 is 10.5 Å². The van der Waals surface area contributed by atoms with E-state index in [4.69, 9.17) is 10.5 Å². The van der Waals surface area contributed by atoms with Gasteiger partial charge in [-0.1, -0.05) is 30.3 Å². The lowest BCUT2D eigenvalue weighted by atomic mass is 9.99. The molecule has 2 rings (SSSR count). The van der Waals surface area contributed by atoms with Gasteiger partial charge in [-0.05, 0) is 28.8 Å². The van der Waals surface area contributed by atoms with Gasteiger partial charge in [-0.3, -0.25) is 0 Å². The average molecular weight is 231 g/mol. The predicted octanol–water partition coefficient (Wildman–Crippen LogP) is 2.96. The Kier molecular flexibility index (Phi) is 3.40. The van der Waals surface area contributed by atoms with Crippen LogP contribution in [0.5, 0.6) is 5.75 Å². The zero-order chi connectivity index (χ0) is 12.3. The normalized spacial score (nSPS) is 10.3. The first-order chi connectivity index (χ1) is 8.26. The molecule has 17 heavy (non-hydrogen) atoms. The minimum Gasteiger partial charge on any atom is -0.494 e. The second kappa shape index (κ2) is 4.97. The fourth-order valence-corrected chi connectivity index (χ4v) is 1.81. The van der Waals surface area contributed by atoms with Crippen LogP contribution in [0.4, 0.5) is 4.39 Å². The molecule has 88 valence electrons. The number of benzene rings is 2. The van der Waals surface area contributed by atoms with Gasteiger partial charge in [0.2, 0.25) is 0 Å². The van der Waals surface area contributed by atoms with Gasteiger partial charge in [-0.15, -0.1) is 0 Å². The zero-order valence-electron chi connectivity index (χ0n) is 9.61. The van der Waals surface area contributed by atoms with Gasteiger partial charge in [-0.25, -0.2) is 4.39 Å². The molecule has 0 heterocycles. The molecule has 0 aromatic heterocycles. The average Bonchev–Trinajstić information content (AvgIpc) is 2.39. The van der Waals surface area contributed by atoms with E-state index in [1.807, 2.05) is 24.3 Å². The maximum absolute atomic E-state index is 13.3. The molecule has 0 radical (unpaired) electrons. The Morgan fingerprint density at radius 3 is 2.65 bits per heavy atom. The molecule has 0 aliphatic rings. The largest absolute Gasteiger partial charge is 0.494 e. The van der Waals surface area contributed by atoms with Crippen molar-refractivity contribution in [3.8, 4) is 16.9 Å². The summed E-state index contributed by atoms with van der Waals surface area (Å²) in [5, 5.41) is 0. The highest BCUT2D eigenvalue weighted by atomic mass is 19.1. The minimum atomic E-state index is -0.360. The van der Waals surface area contributed by atoms with E-state index in [-0.39, 0.29) is 11.6 Å². The number of ether oxygens (including phenoxy) is 1. The summed E-state index contributed by atoms with van der Waals surface area (Å²) in [6.07, 6.45) is 0. The molecule has 3 heteroatoms. The summed E-state index contributed by atoms with van der Waals surface area (Å²) >= 11 is 0. The Morgan fingerprint density at radius 1 is 1.18 bits per heavy atom. The van der Waals surface area contributed by atoms with Crippen molar-refractivity contribution in [1.29, 1.82) is 0 Å². The van der Waals surface area contributed by atoms with Gasteiger partial charge in [0, 0.05) is 6.54 Å². The highest BCUT2D eigenvalue weighted by Gasteiger charge is 2.07. The monoisotopic (exact) mass is 231 g/mol. The van der Waals surface area contributed by atoms with Crippen LogP contribution < -0.4 is 10.5 Å². The number of nitrogens with two attached hydrogens (primary N) is 1. The Bertz CT molecular complexity index is 525. The molecule has 2 aromatic rings. The third kappa shape index (κ3) is 2.29. The van der Waals surface area contributed by atoms with E-state index in [9.17, 15) is 4.39 Å². The van der Waals surface area contributed by atoms with E-state index in [1.165, 1.54) is 13.2 Å². The maximum Gasteiger partial charge on any atom is 0.165 e.